The second-order valence-electron chi connectivity index (χ2n) is 9.90. The second-order valence-corrected chi connectivity index (χ2v) is 9.90. The van der Waals surface area contributed by atoms with Crippen molar-refractivity contribution in [1.82, 2.24) is 19.7 Å². The van der Waals surface area contributed by atoms with E-state index < -0.39 is 11.6 Å². The van der Waals surface area contributed by atoms with Crippen molar-refractivity contribution in [3.63, 3.8) is 0 Å². The Morgan fingerprint density at radius 1 is 1.08 bits per heavy atom. The Morgan fingerprint density at radius 2 is 1.81 bits per heavy atom. The topological polar surface area (TPSA) is 130 Å². The van der Waals surface area contributed by atoms with E-state index in [-0.39, 0.29) is 17.1 Å². The van der Waals surface area contributed by atoms with Gasteiger partial charge in [0.15, 0.2) is 11.6 Å². The quantitative estimate of drug-likeness (QED) is 0.316. The SMILES string of the molecule is Cc1ccc(C#CC(C)(C)O)cc1C(O)(O)Oc1cc(-c2cnn(C3CCN(C)CC3)c2)cnc1N. The molecule has 36 heavy (non-hydrogen) atoms. The number of pyridine rings is 1. The number of aryl methyl sites for hydroxylation is 1. The number of benzene rings is 1. The van der Waals surface area contributed by atoms with Gasteiger partial charge in [-0.15, -0.1) is 0 Å². The van der Waals surface area contributed by atoms with Gasteiger partial charge in [0.2, 0.25) is 0 Å². The van der Waals surface area contributed by atoms with Gasteiger partial charge in [-0.2, -0.15) is 5.10 Å². The summed E-state index contributed by atoms with van der Waals surface area (Å²) >= 11 is 0. The zero-order valence-electron chi connectivity index (χ0n) is 21.1. The summed E-state index contributed by atoms with van der Waals surface area (Å²) in [5.41, 5.74) is 7.53. The maximum atomic E-state index is 10.9. The van der Waals surface area contributed by atoms with Crippen molar-refractivity contribution in [2.45, 2.75) is 51.2 Å². The largest absolute Gasteiger partial charge is 0.432 e. The van der Waals surface area contributed by atoms with Crippen LogP contribution >= 0.6 is 0 Å². The number of hydrogen-bond donors (Lipinski definition) is 4. The highest BCUT2D eigenvalue weighted by molar-refractivity contribution is 5.66. The van der Waals surface area contributed by atoms with Crippen LogP contribution < -0.4 is 10.5 Å². The van der Waals surface area contributed by atoms with E-state index >= 15 is 0 Å². The Labute approximate surface area is 211 Å². The molecule has 0 saturated carbocycles. The molecular formula is C27H33N5O4. The molecule has 1 aliphatic rings. The lowest BCUT2D eigenvalue weighted by atomic mass is 10.0. The molecule has 0 aliphatic carbocycles. The van der Waals surface area contributed by atoms with Gasteiger partial charge in [0.25, 0.3) is 0 Å². The van der Waals surface area contributed by atoms with Crippen LogP contribution in [0.2, 0.25) is 0 Å². The van der Waals surface area contributed by atoms with Crippen LogP contribution in [-0.2, 0) is 5.97 Å². The highest BCUT2D eigenvalue weighted by Gasteiger charge is 2.32. The Bertz CT molecular complexity index is 1290. The minimum atomic E-state index is -2.69. The molecular weight excluding hydrogens is 458 g/mol. The average molecular weight is 492 g/mol. The molecule has 3 heterocycles. The maximum absolute atomic E-state index is 10.9. The number of likely N-dealkylation sites (tertiary alicyclic amines) is 1. The predicted octanol–water partition coefficient (Wildman–Crippen LogP) is 2.40. The lowest BCUT2D eigenvalue weighted by molar-refractivity contribution is -0.304. The number of rotatable bonds is 5. The van der Waals surface area contributed by atoms with Crippen molar-refractivity contribution in [2.75, 3.05) is 25.9 Å². The minimum Gasteiger partial charge on any atom is -0.432 e. The number of ether oxygens (including phenoxy) is 1. The number of anilines is 1. The number of nitrogens with zero attached hydrogens (tertiary/aromatic N) is 4. The fourth-order valence-corrected chi connectivity index (χ4v) is 4.13. The van der Waals surface area contributed by atoms with E-state index in [0.29, 0.717) is 22.7 Å². The van der Waals surface area contributed by atoms with Gasteiger partial charge < -0.3 is 30.7 Å². The van der Waals surface area contributed by atoms with Crippen LogP contribution in [0.5, 0.6) is 5.75 Å². The molecule has 0 radical (unpaired) electrons. The van der Waals surface area contributed by atoms with Crippen LogP contribution in [-0.4, -0.2) is 60.7 Å². The number of nitrogens with two attached hydrogens (primary N) is 1. The predicted molar refractivity (Wildman–Crippen MR) is 137 cm³/mol. The summed E-state index contributed by atoms with van der Waals surface area (Å²) in [5, 5.41) is 36.2. The highest BCUT2D eigenvalue weighted by Crippen LogP contribution is 2.33. The lowest BCUT2D eigenvalue weighted by Crippen LogP contribution is -2.33. The molecule has 0 unspecified atom stereocenters. The molecule has 2 aromatic heterocycles. The normalized spacial score (nSPS) is 15.4. The minimum absolute atomic E-state index is 0.0181. The van der Waals surface area contributed by atoms with E-state index in [1.807, 2.05) is 10.9 Å². The summed E-state index contributed by atoms with van der Waals surface area (Å²) in [6.07, 6.45) is 7.39. The second kappa shape index (κ2) is 9.91. The molecule has 0 amide bonds. The van der Waals surface area contributed by atoms with E-state index in [4.69, 9.17) is 10.5 Å². The van der Waals surface area contributed by atoms with Gasteiger partial charge in [-0.1, -0.05) is 17.9 Å². The van der Waals surface area contributed by atoms with Crippen LogP contribution in [0.4, 0.5) is 5.82 Å². The Balaban J connectivity index is 1.58. The van der Waals surface area contributed by atoms with Crippen molar-refractivity contribution in [1.29, 1.82) is 0 Å². The van der Waals surface area contributed by atoms with Gasteiger partial charge in [0.05, 0.1) is 17.8 Å². The first-order valence-corrected chi connectivity index (χ1v) is 11.9. The molecule has 1 fully saturated rings. The Morgan fingerprint density at radius 3 is 2.50 bits per heavy atom. The molecule has 0 bridgehead atoms. The van der Waals surface area contributed by atoms with Crippen molar-refractivity contribution in [3.05, 3.63) is 59.5 Å². The maximum Gasteiger partial charge on any atom is 0.351 e. The summed E-state index contributed by atoms with van der Waals surface area (Å²) in [6.45, 7) is 6.92. The van der Waals surface area contributed by atoms with Crippen molar-refractivity contribution in [2.24, 2.45) is 0 Å². The van der Waals surface area contributed by atoms with Crippen molar-refractivity contribution in [3.8, 4) is 28.7 Å². The van der Waals surface area contributed by atoms with Crippen LogP contribution in [0.15, 0.2) is 42.9 Å². The standard InChI is InChI=1S/C27H33N5O4/c1-18-5-6-19(7-10-26(2,3)33)13-23(18)27(34,35)36-24-14-20(15-29-25(24)28)21-16-30-32(17-21)22-8-11-31(4)12-9-22/h5-6,13-17,22,33-35H,8-9,11-12H2,1-4H3,(H2,28,29). The van der Waals surface area contributed by atoms with Gasteiger partial charge in [-0.25, -0.2) is 4.98 Å². The molecule has 1 aliphatic heterocycles. The van der Waals surface area contributed by atoms with Gasteiger partial charge in [-0.3, -0.25) is 4.68 Å². The lowest BCUT2D eigenvalue weighted by Gasteiger charge is -2.28. The fourth-order valence-electron chi connectivity index (χ4n) is 4.13. The third-order valence-corrected chi connectivity index (χ3v) is 6.23. The summed E-state index contributed by atoms with van der Waals surface area (Å²) in [7, 11) is 2.12. The molecule has 9 nitrogen and oxygen atoms in total. The molecule has 4 rings (SSSR count). The first-order chi connectivity index (χ1) is 16.9. The monoisotopic (exact) mass is 491 g/mol. The molecule has 0 spiro atoms. The smallest absolute Gasteiger partial charge is 0.351 e. The van der Waals surface area contributed by atoms with Gasteiger partial charge in [0, 0.05) is 29.1 Å². The molecule has 9 heteroatoms. The van der Waals surface area contributed by atoms with Crippen LogP contribution in [0.25, 0.3) is 11.1 Å². The zero-order valence-corrected chi connectivity index (χ0v) is 21.1. The number of aliphatic hydroxyl groups is 3. The Kier molecular flexibility index (Phi) is 7.07. The molecule has 1 aromatic carbocycles. The summed E-state index contributed by atoms with van der Waals surface area (Å²) in [6, 6.07) is 6.89. The number of piperidine rings is 1. The van der Waals surface area contributed by atoms with Gasteiger partial charge >= 0.3 is 5.97 Å². The van der Waals surface area contributed by atoms with E-state index in [1.54, 1.807) is 51.4 Å². The first kappa shape index (κ1) is 25.7. The summed E-state index contributed by atoms with van der Waals surface area (Å²) in [4.78, 5) is 6.51. The molecule has 3 aromatic rings. The summed E-state index contributed by atoms with van der Waals surface area (Å²) < 4.78 is 7.57. The molecule has 190 valence electrons. The van der Waals surface area contributed by atoms with Crippen molar-refractivity contribution >= 4 is 5.82 Å². The van der Waals surface area contributed by atoms with E-state index in [9.17, 15) is 15.3 Å². The average Bonchev–Trinajstić information content (AvgIpc) is 3.30. The van der Waals surface area contributed by atoms with Crippen LogP contribution in [0, 0.1) is 18.8 Å². The third kappa shape index (κ3) is 6.04. The van der Waals surface area contributed by atoms with Gasteiger partial charge in [0.1, 0.15) is 5.60 Å². The number of aromatic nitrogens is 3. The number of hydrogen-bond acceptors (Lipinski definition) is 8. The molecule has 0 atom stereocenters. The Hall–Kier alpha value is -3.42. The van der Waals surface area contributed by atoms with Crippen LogP contribution in [0.1, 0.15) is 49.4 Å². The van der Waals surface area contributed by atoms with E-state index in [1.165, 1.54) is 6.07 Å². The third-order valence-electron chi connectivity index (χ3n) is 6.23. The van der Waals surface area contributed by atoms with E-state index in [2.05, 4.69) is 33.9 Å². The number of nitrogen functional groups attached to an aromatic ring is 1. The van der Waals surface area contributed by atoms with E-state index in [0.717, 1.165) is 31.5 Å². The zero-order chi connectivity index (χ0) is 26.1. The highest BCUT2D eigenvalue weighted by atomic mass is 16.8. The fraction of sp³-hybridized carbons (Fsp3) is 0.407. The summed E-state index contributed by atoms with van der Waals surface area (Å²) in [5.74, 6) is 2.90. The van der Waals surface area contributed by atoms with Crippen molar-refractivity contribution < 1.29 is 20.1 Å². The molecule has 5 N–H and O–H groups in total. The molecule has 1 saturated heterocycles. The first-order valence-electron chi connectivity index (χ1n) is 11.9. The van der Waals surface area contributed by atoms with Gasteiger partial charge in [-0.05, 0) is 77.5 Å². The van der Waals surface area contributed by atoms with Crippen LogP contribution in [0.3, 0.4) is 0 Å².